The molecule has 0 aliphatic carbocycles. The summed E-state index contributed by atoms with van der Waals surface area (Å²) in [5.41, 5.74) is -0.479. The number of carboxylic acids is 1. The van der Waals surface area contributed by atoms with Crippen molar-refractivity contribution >= 4 is 49.0 Å². The van der Waals surface area contributed by atoms with Crippen molar-refractivity contribution in [3.63, 3.8) is 0 Å². The van der Waals surface area contributed by atoms with E-state index in [1.165, 1.54) is 14.1 Å². The number of hydrogen-bond donors (Lipinski definition) is 2. The minimum Gasteiger partial charge on any atom is -0.478 e. The summed E-state index contributed by atoms with van der Waals surface area (Å²) in [5.74, 6) is -2.61. The molecule has 0 aromatic heterocycles. The quantitative estimate of drug-likeness (QED) is 0.617. The van der Waals surface area contributed by atoms with Crippen LogP contribution in [0.25, 0.3) is 0 Å². The Labute approximate surface area is 160 Å². The van der Waals surface area contributed by atoms with Gasteiger partial charge in [0.25, 0.3) is 10.0 Å². The number of aromatic carboxylic acids is 1. The van der Waals surface area contributed by atoms with Crippen molar-refractivity contribution < 1.29 is 31.8 Å². The molecule has 0 amide bonds. The number of hydrogen-bond acceptors (Lipinski definition) is 7. The normalized spacial score (nSPS) is 22.9. The molecule has 9 nitrogen and oxygen atoms in total. The van der Waals surface area contributed by atoms with Crippen molar-refractivity contribution in [2.24, 2.45) is 0 Å². The molecule has 1 aliphatic rings. The molecule has 2 atom stereocenters. The van der Waals surface area contributed by atoms with Crippen LogP contribution < -0.4 is 0 Å². The van der Waals surface area contributed by atoms with E-state index >= 15 is 0 Å². The largest absolute Gasteiger partial charge is 0.478 e. The van der Waals surface area contributed by atoms with Crippen molar-refractivity contribution in [1.29, 1.82) is 0 Å². The van der Waals surface area contributed by atoms with E-state index in [0.29, 0.717) is 4.41 Å². The van der Waals surface area contributed by atoms with Gasteiger partial charge in [-0.1, -0.05) is 23.2 Å². The van der Waals surface area contributed by atoms with Crippen molar-refractivity contribution in [1.82, 2.24) is 9.42 Å². The summed E-state index contributed by atoms with van der Waals surface area (Å²) in [5, 5.41) is 19.7. The van der Waals surface area contributed by atoms with Crippen LogP contribution in [0.2, 0.25) is 10.0 Å². The number of sulfonamides is 1. The third kappa shape index (κ3) is 3.98. The van der Waals surface area contributed by atoms with Gasteiger partial charge in [-0.2, -0.15) is 0 Å². The van der Waals surface area contributed by atoms with E-state index in [-0.39, 0.29) is 10.0 Å². The standard InChI is InChI=1S/C13H16Cl2N2O7S2/c1-16(2)17(10-5-25(21,22)6-11(10)18)26(23,24)12-3-7(13(19)20)8(14)4-9(12)15/h3-4,10-11,18H,5-6H2,1-2H3,(H,19,20). The highest BCUT2D eigenvalue weighted by molar-refractivity contribution is 7.92. The molecule has 0 saturated carbocycles. The monoisotopic (exact) mass is 446 g/mol. The Morgan fingerprint density at radius 2 is 1.77 bits per heavy atom. The van der Waals surface area contributed by atoms with E-state index in [1.54, 1.807) is 0 Å². The number of aliphatic hydroxyl groups excluding tert-OH is 1. The molecule has 0 spiro atoms. The Morgan fingerprint density at radius 3 is 2.19 bits per heavy atom. The fourth-order valence-electron chi connectivity index (χ4n) is 2.70. The average Bonchev–Trinajstić information content (AvgIpc) is 2.70. The first-order chi connectivity index (χ1) is 11.8. The van der Waals surface area contributed by atoms with Crippen LogP contribution in [0.5, 0.6) is 0 Å². The van der Waals surface area contributed by atoms with Gasteiger partial charge >= 0.3 is 5.97 Å². The number of halogens is 2. The lowest BCUT2D eigenvalue weighted by atomic mass is 10.2. The first-order valence-corrected chi connectivity index (χ1v) is 11.1. The fourth-order valence-corrected chi connectivity index (χ4v) is 7.09. The Balaban J connectivity index is 2.63. The lowest BCUT2D eigenvalue weighted by Crippen LogP contribution is -2.53. The van der Waals surface area contributed by atoms with Gasteiger partial charge < -0.3 is 10.2 Å². The maximum Gasteiger partial charge on any atom is 0.337 e. The van der Waals surface area contributed by atoms with Gasteiger partial charge in [-0.05, 0) is 12.1 Å². The number of carboxylic acid groups (broad SMARTS) is 1. The number of rotatable bonds is 5. The number of benzene rings is 1. The number of nitrogens with zero attached hydrogens (tertiary/aromatic N) is 2. The van der Waals surface area contributed by atoms with Gasteiger partial charge in [0.2, 0.25) is 0 Å². The van der Waals surface area contributed by atoms with Crippen molar-refractivity contribution in [2.45, 2.75) is 17.0 Å². The first-order valence-electron chi connectivity index (χ1n) is 7.10. The summed E-state index contributed by atoms with van der Waals surface area (Å²) in [6, 6.07) is 0.504. The third-order valence-electron chi connectivity index (χ3n) is 3.75. The SMILES string of the molecule is CN(C)N(C1CS(=O)(=O)CC1O)S(=O)(=O)c1cc(C(=O)O)c(Cl)cc1Cl. The predicted octanol–water partition coefficient (Wildman–Crippen LogP) is 0.317. The maximum atomic E-state index is 13.1. The van der Waals surface area contributed by atoms with Gasteiger partial charge in [0, 0.05) is 14.1 Å². The first kappa shape index (κ1) is 21.4. The van der Waals surface area contributed by atoms with Crippen LogP contribution in [0.3, 0.4) is 0 Å². The molecule has 1 heterocycles. The smallest absolute Gasteiger partial charge is 0.337 e. The molecule has 1 aromatic carbocycles. The van der Waals surface area contributed by atoms with E-state index in [4.69, 9.17) is 28.3 Å². The Kier molecular flexibility index (Phi) is 5.93. The Morgan fingerprint density at radius 1 is 1.19 bits per heavy atom. The van der Waals surface area contributed by atoms with Gasteiger partial charge in [-0.15, -0.1) is 4.41 Å². The predicted molar refractivity (Wildman–Crippen MR) is 94.6 cm³/mol. The summed E-state index contributed by atoms with van der Waals surface area (Å²) in [6.07, 6.45) is -1.44. The molecule has 146 valence electrons. The topological polar surface area (TPSA) is 132 Å². The lowest BCUT2D eigenvalue weighted by molar-refractivity contribution is 0.0272. The molecule has 1 aliphatic heterocycles. The highest BCUT2D eigenvalue weighted by atomic mass is 35.5. The van der Waals surface area contributed by atoms with Crippen LogP contribution in [0.15, 0.2) is 17.0 Å². The Hall–Kier alpha value is -0.950. The minimum absolute atomic E-state index is 0.249. The number of carbonyl (C=O) groups is 1. The van der Waals surface area contributed by atoms with Gasteiger partial charge in [0.1, 0.15) is 4.90 Å². The molecule has 1 aromatic rings. The van der Waals surface area contributed by atoms with E-state index in [0.717, 1.165) is 17.1 Å². The van der Waals surface area contributed by atoms with Crippen LogP contribution in [0.4, 0.5) is 0 Å². The molecule has 13 heteroatoms. The molecule has 2 N–H and O–H groups in total. The lowest BCUT2D eigenvalue weighted by Gasteiger charge is -2.34. The average molecular weight is 447 g/mol. The third-order valence-corrected chi connectivity index (χ3v) is 8.17. The zero-order chi connectivity index (χ0) is 20.0. The minimum atomic E-state index is -4.49. The van der Waals surface area contributed by atoms with Gasteiger partial charge in [-0.3, -0.25) is 0 Å². The Bertz CT molecular complexity index is 947. The molecule has 1 fully saturated rings. The summed E-state index contributed by atoms with van der Waals surface area (Å²) in [6.45, 7) is 0. The fraction of sp³-hybridized carbons (Fsp3) is 0.462. The van der Waals surface area contributed by atoms with E-state index < -0.39 is 59.9 Å². The molecule has 26 heavy (non-hydrogen) atoms. The van der Waals surface area contributed by atoms with E-state index in [1.807, 2.05) is 0 Å². The summed E-state index contributed by atoms with van der Waals surface area (Å²) in [4.78, 5) is 10.7. The van der Waals surface area contributed by atoms with Crippen LogP contribution in [0, 0.1) is 0 Å². The van der Waals surface area contributed by atoms with E-state index in [9.17, 15) is 26.7 Å². The van der Waals surface area contributed by atoms with Crippen LogP contribution in [0.1, 0.15) is 10.4 Å². The number of hydrazine groups is 1. The van der Waals surface area contributed by atoms with Gasteiger partial charge in [0.15, 0.2) is 9.84 Å². The second-order valence-electron chi connectivity index (χ2n) is 5.90. The molecular weight excluding hydrogens is 431 g/mol. The van der Waals surface area contributed by atoms with Crippen LogP contribution in [-0.4, -0.2) is 80.2 Å². The van der Waals surface area contributed by atoms with Crippen molar-refractivity contribution in [3.8, 4) is 0 Å². The molecule has 1 saturated heterocycles. The highest BCUT2D eigenvalue weighted by Crippen LogP contribution is 2.33. The molecule has 0 radical (unpaired) electrons. The number of aliphatic hydroxyl groups is 1. The molecule has 2 rings (SSSR count). The van der Waals surface area contributed by atoms with Crippen molar-refractivity contribution in [2.75, 3.05) is 25.6 Å². The number of sulfone groups is 1. The summed E-state index contributed by atoms with van der Waals surface area (Å²) >= 11 is 11.7. The maximum absolute atomic E-state index is 13.1. The van der Waals surface area contributed by atoms with Crippen molar-refractivity contribution in [3.05, 3.63) is 27.7 Å². The zero-order valence-electron chi connectivity index (χ0n) is 13.6. The van der Waals surface area contributed by atoms with E-state index in [2.05, 4.69) is 0 Å². The summed E-state index contributed by atoms with van der Waals surface area (Å²) in [7, 11) is -5.44. The van der Waals surface area contributed by atoms with Crippen LogP contribution >= 0.6 is 23.2 Å². The molecule has 2 unspecified atom stereocenters. The zero-order valence-corrected chi connectivity index (χ0v) is 16.8. The molecular formula is C13H16Cl2N2O7S2. The van der Waals surface area contributed by atoms with Gasteiger partial charge in [-0.25, -0.2) is 26.6 Å². The second-order valence-corrected chi connectivity index (χ2v) is 10.6. The van der Waals surface area contributed by atoms with Gasteiger partial charge in [0.05, 0.1) is 39.3 Å². The summed E-state index contributed by atoms with van der Waals surface area (Å²) < 4.78 is 50.4. The highest BCUT2D eigenvalue weighted by Gasteiger charge is 2.46. The second kappa shape index (κ2) is 7.23. The molecule has 0 bridgehead atoms. The van der Waals surface area contributed by atoms with Crippen LogP contribution in [-0.2, 0) is 19.9 Å².